The van der Waals surface area contributed by atoms with E-state index in [1.54, 1.807) is 6.07 Å². The van der Waals surface area contributed by atoms with Crippen LogP contribution in [-0.4, -0.2) is 36.5 Å². The summed E-state index contributed by atoms with van der Waals surface area (Å²) >= 11 is 12.0. The Hall–Kier alpha value is -0.770. The first-order chi connectivity index (χ1) is 10.1. The fourth-order valence-electron chi connectivity index (χ4n) is 2.62. The van der Waals surface area contributed by atoms with Crippen LogP contribution < -0.4 is 5.32 Å². The molecule has 3 nitrogen and oxygen atoms in total. The van der Waals surface area contributed by atoms with Gasteiger partial charge in [-0.25, -0.2) is 0 Å². The van der Waals surface area contributed by atoms with Crippen molar-refractivity contribution in [2.45, 2.75) is 38.6 Å². The third kappa shape index (κ3) is 4.87. The van der Waals surface area contributed by atoms with Gasteiger partial charge in [0.05, 0.1) is 6.04 Å². The number of likely N-dealkylation sites (tertiary alicyclic amines) is 1. The van der Waals surface area contributed by atoms with Gasteiger partial charge in [-0.05, 0) is 56.8 Å². The minimum Gasteiger partial charge on any atom is -0.341 e. The summed E-state index contributed by atoms with van der Waals surface area (Å²) in [4.78, 5) is 14.2. The predicted octanol–water partition coefficient (Wildman–Crippen LogP) is 3.53. The first kappa shape index (κ1) is 16.6. The summed E-state index contributed by atoms with van der Waals surface area (Å²) in [6.45, 7) is 4.45. The number of hydrogen-bond donors (Lipinski definition) is 1. The molecule has 116 valence electrons. The van der Waals surface area contributed by atoms with Crippen molar-refractivity contribution in [1.29, 1.82) is 0 Å². The molecule has 0 saturated carbocycles. The van der Waals surface area contributed by atoms with E-state index in [1.807, 2.05) is 24.0 Å². The number of halogens is 2. The van der Waals surface area contributed by atoms with Gasteiger partial charge in [-0.15, -0.1) is 0 Å². The SMILES string of the molecule is CC(NCCc1ccc(Cl)cc1Cl)C(=O)N1CCCCC1. The van der Waals surface area contributed by atoms with E-state index in [-0.39, 0.29) is 11.9 Å². The second-order valence-corrected chi connectivity index (χ2v) is 6.39. The Morgan fingerprint density at radius 3 is 2.67 bits per heavy atom. The minimum absolute atomic E-state index is 0.144. The maximum Gasteiger partial charge on any atom is 0.239 e. The van der Waals surface area contributed by atoms with Crippen LogP contribution in [0.1, 0.15) is 31.7 Å². The van der Waals surface area contributed by atoms with Gasteiger partial charge in [-0.2, -0.15) is 0 Å². The van der Waals surface area contributed by atoms with Gasteiger partial charge in [-0.3, -0.25) is 4.79 Å². The van der Waals surface area contributed by atoms with Crippen molar-refractivity contribution in [3.05, 3.63) is 33.8 Å². The Morgan fingerprint density at radius 1 is 1.29 bits per heavy atom. The molecule has 1 aliphatic rings. The Kier molecular flexibility index (Phi) is 6.34. The van der Waals surface area contributed by atoms with Crippen molar-refractivity contribution >= 4 is 29.1 Å². The Balaban J connectivity index is 1.78. The van der Waals surface area contributed by atoms with Crippen LogP contribution in [0.15, 0.2) is 18.2 Å². The van der Waals surface area contributed by atoms with Gasteiger partial charge in [-0.1, -0.05) is 29.3 Å². The van der Waals surface area contributed by atoms with Crippen LogP contribution in [-0.2, 0) is 11.2 Å². The second kappa shape index (κ2) is 8.02. The molecule has 1 heterocycles. The molecule has 0 radical (unpaired) electrons. The van der Waals surface area contributed by atoms with E-state index in [9.17, 15) is 4.79 Å². The Labute approximate surface area is 136 Å². The molecular weight excluding hydrogens is 307 g/mol. The highest BCUT2D eigenvalue weighted by atomic mass is 35.5. The lowest BCUT2D eigenvalue weighted by atomic mass is 10.1. The fraction of sp³-hybridized carbons (Fsp3) is 0.562. The zero-order valence-corrected chi connectivity index (χ0v) is 13.9. The van der Waals surface area contributed by atoms with Crippen LogP contribution in [0.4, 0.5) is 0 Å². The third-order valence-corrected chi connectivity index (χ3v) is 4.49. The van der Waals surface area contributed by atoms with E-state index < -0.39 is 0 Å². The number of amides is 1. The molecule has 1 atom stereocenters. The summed E-state index contributed by atoms with van der Waals surface area (Å²) in [5.74, 6) is 0.205. The topological polar surface area (TPSA) is 32.3 Å². The number of benzene rings is 1. The summed E-state index contributed by atoms with van der Waals surface area (Å²) in [7, 11) is 0. The highest BCUT2D eigenvalue weighted by molar-refractivity contribution is 6.35. The smallest absolute Gasteiger partial charge is 0.239 e. The van der Waals surface area contributed by atoms with Crippen LogP contribution in [0.2, 0.25) is 10.0 Å². The summed E-state index contributed by atoms with van der Waals surface area (Å²) < 4.78 is 0. The maximum absolute atomic E-state index is 12.3. The predicted molar refractivity (Wildman–Crippen MR) is 88.1 cm³/mol. The zero-order chi connectivity index (χ0) is 15.2. The highest BCUT2D eigenvalue weighted by Crippen LogP contribution is 2.21. The third-order valence-electron chi connectivity index (χ3n) is 3.90. The summed E-state index contributed by atoms with van der Waals surface area (Å²) in [5, 5.41) is 4.61. The van der Waals surface area contributed by atoms with Gasteiger partial charge in [0, 0.05) is 23.1 Å². The molecule has 1 N–H and O–H groups in total. The fourth-order valence-corrected chi connectivity index (χ4v) is 3.13. The van der Waals surface area contributed by atoms with Gasteiger partial charge in [0.25, 0.3) is 0 Å². The van der Waals surface area contributed by atoms with Crippen molar-refractivity contribution in [1.82, 2.24) is 10.2 Å². The second-order valence-electron chi connectivity index (χ2n) is 5.55. The van der Waals surface area contributed by atoms with Crippen molar-refractivity contribution in [2.24, 2.45) is 0 Å². The normalized spacial score (nSPS) is 16.8. The van der Waals surface area contributed by atoms with Crippen LogP contribution in [0.25, 0.3) is 0 Å². The van der Waals surface area contributed by atoms with Crippen LogP contribution in [0, 0.1) is 0 Å². The zero-order valence-electron chi connectivity index (χ0n) is 12.4. The van der Waals surface area contributed by atoms with E-state index in [0.29, 0.717) is 10.0 Å². The van der Waals surface area contributed by atoms with Crippen LogP contribution in [0.5, 0.6) is 0 Å². The number of carbonyl (C=O) groups excluding carboxylic acids is 1. The Bertz CT molecular complexity index is 487. The van der Waals surface area contributed by atoms with E-state index in [0.717, 1.165) is 44.5 Å². The minimum atomic E-state index is -0.144. The molecule has 1 aromatic rings. The number of piperidine rings is 1. The molecule has 0 aliphatic carbocycles. The van der Waals surface area contributed by atoms with Crippen molar-refractivity contribution < 1.29 is 4.79 Å². The van der Waals surface area contributed by atoms with Crippen molar-refractivity contribution in [3.63, 3.8) is 0 Å². The van der Waals surface area contributed by atoms with Gasteiger partial charge in [0.1, 0.15) is 0 Å². The molecule has 1 fully saturated rings. The molecule has 1 aliphatic heterocycles. The lowest BCUT2D eigenvalue weighted by molar-refractivity contribution is -0.133. The average molecular weight is 329 g/mol. The molecule has 21 heavy (non-hydrogen) atoms. The molecule has 5 heteroatoms. The molecule has 0 bridgehead atoms. The molecule has 1 unspecified atom stereocenters. The summed E-state index contributed by atoms with van der Waals surface area (Å²) in [6.07, 6.45) is 4.27. The summed E-state index contributed by atoms with van der Waals surface area (Å²) in [5.41, 5.74) is 1.05. The number of nitrogens with zero attached hydrogens (tertiary/aromatic N) is 1. The highest BCUT2D eigenvalue weighted by Gasteiger charge is 2.21. The molecule has 1 aromatic carbocycles. The van der Waals surface area contributed by atoms with E-state index in [2.05, 4.69) is 5.32 Å². The molecular formula is C16H22Cl2N2O. The first-order valence-corrected chi connectivity index (χ1v) is 8.29. The number of rotatable bonds is 5. The number of hydrogen-bond acceptors (Lipinski definition) is 2. The van der Waals surface area contributed by atoms with E-state index in [1.165, 1.54) is 6.42 Å². The quantitative estimate of drug-likeness (QED) is 0.896. The molecule has 1 saturated heterocycles. The van der Waals surface area contributed by atoms with Gasteiger partial charge in [0.15, 0.2) is 0 Å². The monoisotopic (exact) mass is 328 g/mol. The summed E-state index contributed by atoms with van der Waals surface area (Å²) in [6, 6.07) is 5.38. The number of carbonyl (C=O) groups is 1. The van der Waals surface area contributed by atoms with Gasteiger partial charge in [0.2, 0.25) is 5.91 Å². The number of nitrogens with one attached hydrogen (secondary N) is 1. The molecule has 1 amide bonds. The average Bonchev–Trinajstić information content (AvgIpc) is 2.49. The van der Waals surface area contributed by atoms with Crippen molar-refractivity contribution in [3.8, 4) is 0 Å². The van der Waals surface area contributed by atoms with Gasteiger partial charge < -0.3 is 10.2 Å². The maximum atomic E-state index is 12.3. The van der Waals surface area contributed by atoms with Gasteiger partial charge >= 0.3 is 0 Å². The largest absolute Gasteiger partial charge is 0.341 e. The lowest BCUT2D eigenvalue weighted by Crippen LogP contribution is -2.47. The molecule has 2 rings (SSSR count). The van der Waals surface area contributed by atoms with E-state index in [4.69, 9.17) is 23.2 Å². The standard InChI is InChI=1S/C16H22Cl2N2O/c1-12(16(21)20-9-3-2-4-10-20)19-8-7-13-5-6-14(17)11-15(13)18/h5-6,11-12,19H,2-4,7-10H2,1H3. The van der Waals surface area contributed by atoms with Crippen LogP contribution >= 0.6 is 23.2 Å². The lowest BCUT2D eigenvalue weighted by Gasteiger charge is -2.29. The van der Waals surface area contributed by atoms with Crippen LogP contribution in [0.3, 0.4) is 0 Å². The first-order valence-electron chi connectivity index (χ1n) is 7.54. The molecule has 0 spiro atoms. The Morgan fingerprint density at radius 2 is 2.00 bits per heavy atom. The van der Waals surface area contributed by atoms with Crippen molar-refractivity contribution in [2.75, 3.05) is 19.6 Å². The van der Waals surface area contributed by atoms with E-state index >= 15 is 0 Å². The molecule has 0 aromatic heterocycles.